The molecule has 0 aliphatic heterocycles. The number of hydrogen-bond acceptors (Lipinski definition) is 5. The largest absolute Gasteiger partial charge is 0.504 e. The molecule has 0 saturated carbocycles. The van der Waals surface area contributed by atoms with Crippen LogP contribution >= 0.6 is 11.8 Å². The number of phenols is 1. The van der Waals surface area contributed by atoms with Gasteiger partial charge >= 0.3 is 0 Å². The average molecular weight is 285 g/mol. The van der Waals surface area contributed by atoms with Gasteiger partial charge in [-0.2, -0.15) is 11.8 Å². The van der Waals surface area contributed by atoms with Crippen molar-refractivity contribution >= 4 is 17.7 Å². The highest BCUT2D eigenvalue weighted by Crippen LogP contribution is 2.29. The minimum absolute atomic E-state index is 0.114. The zero-order chi connectivity index (χ0) is 14.5. The number of methoxy groups -OCH3 is 1. The maximum Gasteiger partial charge on any atom is 0.255 e. The van der Waals surface area contributed by atoms with Crippen LogP contribution in [0.25, 0.3) is 0 Å². The predicted molar refractivity (Wildman–Crippen MR) is 76.0 cm³/mol. The Labute approximate surface area is 117 Å². The van der Waals surface area contributed by atoms with E-state index in [0.29, 0.717) is 5.75 Å². The molecule has 1 rings (SSSR count). The molecule has 3 N–H and O–H groups in total. The highest BCUT2D eigenvalue weighted by Gasteiger charge is 2.22. The van der Waals surface area contributed by atoms with Crippen molar-refractivity contribution in [3.05, 3.63) is 23.8 Å². The summed E-state index contributed by atoms with van der Waals surface area (Å²) in [5.41, 5.74) is -0.858. The first-order chi connectivity index (χ1) is 8.91. The molecule has 19 heavy (non-hydrogen) atoms. The summed E-state index contributed by atoms with van der Waals surface area (Å²) in [6, 6.07) is 4.68. The number of carbonyl (C=O) groups is 1. The number of nitrogens with one attached hydrogen (secondary N) is 1. The normalized spacial score (nSPS) is 13.7. The minimum atomic E-state index is -0.983. The number of carbonyl (C=O) groups excluding carboxylic acids is 1. The summed E-state index contributed by atoms with van der Waals surface area (Å²) in [7, 11) is 1.42. The van der Waals surface area contributed by atoms with Gasteiger partial charge in [0.25, 0.3) is 5.91 Å². The van der Waals surface area contributed by atoms with E-state index in [1.54, 1.807) is 19.1 Å². The van der Waals surface area contributed by atoms with Gasteiger partial charge in [0.15, 0.2) is 11.5 Å². The van der Waals surface area contributed by atoms with Crippen molar-refractivity contribution in [2.75, 3.05) is 25.7 Å². The number of para-hydroxylation sites is 1. The Hall–Kier alpha value is -1.40. The lowest BCUT2D eigenvalue weighted by Gasteiger charge is -2.22. The zero-order valence-electron chi connectivity index (χ0n) is 11.3. The van der Waals surface area contributed by atoms with Crippen LogP contribution in [0.2, 0.25) is 0 Å². The van der Waals surface area contributed by atoms with Crippen molar-refractivity contribution in [3.8, 4) is 11.5 Å². The Morgan fingerprint density at radius 3 is 2.79 bits per heavy atom. The molecule has 0 fully saturated rings. The quantitative estimate of drug-likeness (QED) is 0.733. The summed E-state index contributed by atoms with van der Waals surface area (Å²) in [5, 5.41) is 22.4. The fourth-order valence-corrected chi connectivity index (χ4v) is 2.32. The number of hydrogen-bond donors (Lipinski definition) is 3. The molecule has 1 unspecified atom stereocenters. The molecular weight excluding hydrogens is 266 g/mol. The van der Waals surface area contributed by atoms with Crippen LogP contribution in [0, 0.1) is 0 Å². The number of phenolic OH excluding ortho intramolecular Hbond substituents is 1. The summed E-state index contributed by atoms with van der Waals surface area (Å²) < 4.78 is 4.94. The van der Waals surface area contributed by atoms with Gasteiger partial charge in [-0.3, -0.25) is 4.79 Å². The standard InChI is InChI=1S/C13H19NO4S/c1-13(17,8-19-3)7-14-12(16)9-5-4-6-10(18-2)11(9)15/h4-6,15,17H,7-8H2,1-3H3,(H,14,16). The molecule has 1 aromatic rings. The molecule has 0 saturated heterocycles. The van der Waals surface area contributed by atoms with Crippen LogP contribution in [-0.4, -0.2) is 47.4 Å². The molecule has 6 heteroatoms. The molecule has 1 aromatic carbocycles. The van der Waals surface area contributed by atoms with Gasteiger partial charge in [0.2, 0.25) is 0 Å². The fourth-order valence-electron chi connectivity index (χ4n) is 1.60. The number of rotatable bonds is 6. The maximum absolute atomic E-state index is 11.9. The third-order valence-corrected chi connectivity index (χ3v) is 3.46. The highest BCUT2D eigenvalue weighted by molar-refractivity contribution is 7.98. The molecule has 1 atom stereocenters. The second-order valence-electron chi connectivity index (χ2n) is 4.47. The minimum Gasteiger partial charge on any atom is -0.504 e. The summed E-state index contributed by atoms with van der Waals surface area (Å²) in [6.07, 6.45) is 1.88. The van der Waals surface area contributed by atoms with E-state index in [1.807, 2.05) is 6.26 Å². The second-order valence-corrected chi connectivity index (χ2v) is 5.34. The van der Waals surface area contributed by atoms with E-state index >= 15 is 0 Å². The highest BCUT2D eigenvalue weighted by atomic mass is 32.2. The Balaban J connectivity index is 2.74. The molecule has 5 nitrogen and oxygen atoms in total. The Morgan fingerprint density at radius 2 is 2.21 bits per heavy atom. The lowest BCUT2D eigenvalue weighted by atomic mass is 10.1. The molecule has 0 aliphatic rings. The van der Waals surface area contributed by atoms with Crippen LogP contribution in [0.1, 0.15) is 17.3 Å². The first-order valence-electron chi connectivity index (χ1n) is 5.77. The Bertz CT molecular complexity index is 448. The first-order valence-corrected chi connectivity index (χ1v) is 7.16. The summed E-state index contributed by atoms with van der Waals surface area (Å²) >= 11 is 1.49. The van der Waals surface area contributed by atoms with E-state index < -0.39 is 11.5 Å². The fraction of sp³-hybridized carbons (Fsp3) is 0.462. The number of aliphatic hydroxyl groups is 1. The van der Waals surface area contributed by atoms with Crippen molar-refractivity contribution < 1.29 is 19.7 Å². The molecule has 0 aliphatic carbocycles. The third-order valence-electron chi connectivity index (χ3n) is 2.55. The number of aromatic hydroxyl groups is 1. The van der Waals surface area contributed by atoms with Crippen LogP contribution in [0.5, 0.6) is 11.5 Å². The van der Waals surface area contributed by atoms with Crippen LogP contribution in [0.15, 0.2) is 18.2 Å². The van der Waals surface area contributed by atoms with Crippen LogP contribution in [-0.2, 0) is 0 Å². The van der Waals surface area contributed by atoms with E-state index in [-0.39, 0.29) is 23.6 Å². The van der Waals surface area contributed by atoms with E-state index in [2.05, 4.69) is 5.32 Å². The molecule has 0 bridgehead atoms. The maximum atomic E-state index is 11.9. The predicted octanol–water partition coefficient (Wildman–Crippen LogP) is 1.24. The summed E-state index contributed by atoms with van der Waals surface area (Å²) in [6.45, 7) is 1.76. The Morgan fingerprint density at radius 1 is 1.53 bits per heavy atom. The van der Waals surface area contributed by atoms with Gasteiger partial charge in [0.05, 0.1) is 18.3 Å². The van der Waals surface area contributed by atoms with Crippen molar-refractivity contribution in [2.24, 2.45) is 0 Å². The molecule has 1 amide bonds. The van der Waals surface area contributed by atoms with Gasteiger partial charge < -0.3 is 20.3 Å². The van der Waals surface area contributed by atoms with Crippen LogP contribution in [0.3, 0.4) is 0 Å². The molecular formula is C13H19NO4S. The van der Waals surface area contributed by atoms with E-state index in [4.69, 9.17) is 4.74 Å². The van der Waals surface area contributed by atoms with Gasteiger partial charge in [-0.1, -0.05) is 6.07 Å². The first kappa shape index (κ1) is 15.7. The van der Waals surface area contributed by atoms with Crippen molar-refractivity contribution in [1.29, 1.82) is 0 Å². The summed E-state index contributed by atoms with van der Waals surface area (Å²) in [5.74, 6) is 0.102. The van der Waals surface area contributed by atoms with E-state index in [9.17, 15) is 15.0 Å². The molecule has 0 spiro atoms. The lowest BCUT2D eigenvalue weighted by molar-refractivity contribution is 0.0723. The van der Waals surface area contributed by atoms with Gasteiger partial charge in [0, 0.05) is 12.3 Å². The molecule has 106 valence electrons. The van der Waals surface area contributed by atoms with Crippen molar-refractivity contribution in [1.82, 2.24) is 5.32 Å². The third kappa shape index (κ3) is 4.33. The van der Waals surface area contributed by atoms with Crippen molar-refractivity contribution in [3.63, 3.8) is 0 Å². The number of benzene rings is 1. The second kappa shape index (κ2) is 6.68. The van der Waals surface area contributed by atoms with Gasteiger partial charge in [0.1, 0.15) is 0 Å². The lowest BCUT2D eigenvalue weighted by Crippen LogP contribution is -2.42. The molecule has 0 heterocycles. The SMILES string of the molecule is COc1cccc(C(=O)NCC(C)(O)CSC)c1O. The number of thioether (sulfide) groups is 1. The van der Waals surface area contributed by atoms with E-state index in [0.717, 1.165) is 0 Å². The molecule has 0 radical (unpaired) electrons. The van der Waals surface area contributed by atoms with Crippen LogP contribution < -0.4 is 10.1 Å². The molecule has 0 aromatic heterocycles. The van der Waals surface area contributed by atoms with Crippen LogP contribution in [0.4, 0.5) is 0 Å². The average Bonchev–Trinajstić information content (AvgIpc) is 2.36. The van der Waals surface area contributed by atoms with Crippen molar-refractivity contribution in [2.45, 2.75) is 12.5 Å². The topological polar surface area (TPSA) is 78.8 Å². The smallest absolute Gasteiger partial charge is 0.255 e. The van der Waals surface area contributed by atoms with Gasteiger partial charge in [-0.15, -0.1) is 0 Å². The zero-order valence-corrected chi connectivity index (χ0v) is 12.1. The number of ether oxygens (including phenoxy) is 1. The van der Waals surface area contributed by atoms with E-state index in [1.165, 1.54) is 24.9 Å². The summed E-state index contributed by atoms with van der Waals surface area (Å²) in [4.78, 5) is 11.9. The van der Waals surface area contributed by atoms with Gasteiger partial charge in [-0.25, -0.2) is 0 Å². The van der Waals surface area contributed by atoms with Gasteiger partial charge in [-0.05, 0) is 25.3 Å². The number of amides is 1. The Kier molecular flexibility index (Phi) is 5.50. The monoisotopic (exact) mass is 285 g/mol.